The van der Waals surface area contributed by atoms with Crippen LogP contribution in [0.15, 0.2) is 24.4 Å². The third kappa shape index (κ3) is 3.54. The van der Waals surface area contributed by atoms with Crippen molar-refractivity contribution in [2.45, 2.75) is 6.92 Å². The number of hydrogen-bond donors (Lipinski definition) is 1. The third-order valence-corrected chi connectivity index (χ3v) is 2.68. The fourth-order valence-electron chi connectivity index (χ4n) is 1.46. The number of nitrogens with one attached hydrogen (secondary N) is 1. The predicted octanol–water partition coefficient (Wildman–Crippen LogP) is 3.40. The first kappa shape index (κ1) is 14.9. The van der Waals surface area contributed by atoms with E-state index in [1.54, 1.807) is 0 Å². The molecule has 2 rings (SSSR count). The molecule has 0 spiro atoms. The topological polar surface area (TPSA) is 90.2 Å². The maximum Gasteiger partial charge on any atom is 0.271 e. The van der Waals surface area contributed by atoms with Crippen molar-refractivity contribution >= 4 is 23.2 Å². The van der Waals surface area contributed by atoms with Crippen LogP contribution < -0.4 is 10.1 Å². The van der Waals surface area contributed by atoms with Gasteiger partial charge in [0.25, 0.3) is 11.6 Å². The summed E-state index contributed by atoms with van der Waals surface area (Å²) >= 11 is 5.87. The summed E-state index contributed by atoms with van der Waals surface area (Å²) in [7, 11) is 0. The molecule has 0 amide bonds. The summed E-state index contributed by atoms with van der Waals surface area (Å²) in [5.41, 5.74) is -0.191. The molecule has 0 saturated heterocycles. The number of anilines is 1. The van der Waals surface area contributed by atoms with Crippen LogP contribution in [0.3, 0.4) is 0 Å². The molecule has 1 aromatic carbocycles. The van der Waals surface area contributed by atoms with E-state index in [9.17, 15) is 14.5 Å². The monoisotopic (exact) mass is 312 g/mol. The van der Waals surface area contributed by atoms with Crippen LogP contribution in [0.1, 0.15) is 6.92 Å². The highest BCUT2D eigenvalue weighted by molar-refractivity contribution is 6.32. The van der Waals surface area contributed by atoms with Crippen molar-refractivity contribution in [3.8, 4) is 11.6 Å². The lowest BCUT2D eigenvalue weighted by Crippen LogP contribution is -2.04. The molecule has 0 bridgehead atoms. The van der Waals surface area contributed by atoms with Crippen LogP contribution in [0.5, 0.6) is 11.6 Å². The van der Waals surface area contributed by atoms with Crippen molar-refractivity contribution in [1.29, 1.82) is 0 Å². The van der Waals surface area contributed by atoms with Gasteiger partial charge in [-0.2, -0.15) is 9.37 Å². The Hall–Kier alpha value is -2.48. The SMILES string of the molecule is CCNc1ncc(F)c(Oc2ccc([N+](=O)[O-])cc2Cl)n1. The van der Waals surface area contributed by atoms with Crippen LogP contribution in [0, 0.1) is 15.9 Å². The molecule has 0 radical (unpaired) electrons. The number of hydrogen-bond acceptors (Lipinski definition) is 6. The van der Waals surface area contributed by atoms with E-state index in [-0.39, 0.29) is 28.3 Å². The minimum Gasteiger partial charge on any atom is -0.435 e. The maximum absolute atomic E-state index is 13.6. The molecule has 0 aliphatic heterocycles. The Kier molecular flexibility index (Phi) is 4.49. The molecule has 9 heteroatoms. The lowest BCUT2D eigenvalue weighted by molar-refractivity contribution is -0.384. The summed E-state index contributed by atoms with van der Waals surface area (Å²) < 4.78 is 18.8. The van der Waals surface area contributed by atoms with Gasteiger partial charge < -0.3 is 10.1 Å². The number of benzene rings is 1. The molecular formula is C12H10ClFN4O3. The first-order valence-electron chi connectivity index (χ1n) is 5.89. The zero-order chi connectivity index (χ0) is 15.4. The van der Waals surface area contributed by atoms with Gasteiger partial charge in [-0.1, -0.05) is 11.6 Å². The maximum atomic E-state index is 13.6. The fraction of sp³-hybridized carbons (Fsp3) is 0.167. The molecule has 0 saturated carbocycles. The van der Waals surface area contributed by atoms with Gasteiger partial charge in [-0.15, -0.1) is 0 Å². The standard InChI is InChI=1S/C12H10ClFN4O3/c1-2-15-12-16-6-9(14)11(17-12)21-10-4-3-7(18(19)20)5-8(10)13/h3-6H,2H2,1H3,(H,15,16,17). The van der Waals surface area contributed by atoms with Crippen molar-refractivity contribution in [3.05, 3.63) is 45.4 Å². The Labute approximate surface area is 123 Å². The van der Waals surface area contributed by atoms with Gasteiger partial charge in [0.15, 0.2) is 0 Å². The molecule has 0 unspecified atom stereocenters. The minimum absolute atomic E-state index is 0.0211. The number of ether oxygens (including phenoxy) is 1. The highest BCUT2D eigenvalue weighted by Crippen LogP contribution is 2.32. The van der Waals surface area contributed by atoms with E-state index in [1.807, 2.05) is 6.92 Å². The van der Waals surface area contributed by atoms with Gasteiger partial charge in [-0.25, -0.2) is 4.98 Å². The zero-order valence-corrected chi connectivity index (χ0v) is 11.6. The number of halogens is 2. The molecule has 0 fully saturated rings. The van der Waals surface area contributed by atoms with Crippen molar-refractivity contribution in [1.82, 2.24) is 9.97 Å². The fourth-order valence-corrected chi connectivity index (χ4v) is 1.67. The van der Waals surface area contributed by atoms with Gasteiger partial charge in [0.2, 0.25) is 11.8 Å². The molecule has 7 nitrogen and oxygen atoms in total. The van der Waals surface area contributed by atoms with Crippen molar-refractivity contribution in [2.24, 2.45) is 0 Å². The summed E-state index contributed by atoms with van der Waals surface area (Å²) in [6.07, 6.45) is 0.958. The van der Waals surface area contributed by atoms with Crippen LogP contribution in [0.4, 0.5) is 16.0 Å². The Morgan fingerprint density at radius 2 is 2.29 bits per heavy atom. The quantitative estimate of drug-likeness (QED) is 0.672. The van der Waals surface area contributed by atoms with E-state index < -0.39 is 10.7 Å². The van der Waals surface area contributed by atoms with E-state index in [1.165, 1.54) is 12.1 Å². The average Bonchev–Trinajstić information content (AvgIpc) is 2.44. The van der Waals surface area contributed by atoms with Gasteiger partial charge in [0, 0.05) is 18.7 Å². The number of nitrogens with zero attached hydrogens (tertiary/aromatic N) is 3. The van der Waals surface area contributed by atoms with Gasteiger partial charge in [-0.3, -0.25) is 10.1 Å². The molecule has 0 aliphatic carbocycles. The van der Waals surface area contributed by atoms with Crippen LogP contribution >= 0.6 is 11.6 Å². The van der Waals surface area contributed by atoms with Crippen LogP contribution in [0.2, 0.25) is 5.02 Å². The molecule has 1 N–H and O–H groups in total. The van der Waals surface area contributed by atoms with Crippen molar-refractivity contribution < 1.29 is 14.1 Å². The largest absolute Gasteiger partial charge is 0.435 e. The number of nitro benzene ring substituents is 1. The van der Waals surface area contributed by atoms with Crippen molar-refractivity contribution in [2.75, 3.05) is 11.9 Å². The Bertz CT molecular complexity index is 684. The van der Waals surface area contributed by atoms with E-state index >= 15 is 0 Å². The zero-order valence-electron chi connectivity index (χ0n) is 10.8. The van der Waals surface area contributed by atoms with E-state index in [0.717, 1.165) is 12.3 Å². The molecular weight excluding hydrogens is 303 g/mol. The van der Waals surface area contributed by atoms with Gasteiger partial charge in [0.05, 0.1) is 16.1 Å². The first-order valence-corrected chi connectivity index (χ1v) is 6.27. The summed E-state index contributed by atoms with van der Waals surface area (Å²) in [5.74, 6) is -0.836. The van der Waals surface area contributed by atoms with Crippen LogP contribution in [-0.4, -0.2) is 21.4 Å². The normalized spacial score (nSPS) is 10.2. The molecule has 0 aliphatic rings. The average molecular weight is 313 g/mol. The molecule has 0 atom stereocenters. The second kappa shape index (κ2) is 6.31. The highest BCUT2D eigenvalue weighted by Gasteiger charge is 2.14. The Balaban J connectivity index is 2.29. The molecule has 1 aromatic heterocycles. The highest BCUT2D eigenvalue weighted by atomic mass is 35.5. The lowest BCUT2D eigenvalue weighted by atomic mass is 10.3. The van der Waals surface area contributed by atoms with E-state index in [2.05, 4.69) is 15.3 Å². The van der Waals surface area contributed by atoms with Crippen LogP contribution in [0.25, 0.3) is 0 Å². The molecule has 2 aromatic rings. The third-order valence-electron chi connectivity index (χ3n) is 2.38. The summed E-state index contributed by atoms with van der Waals surface area (Å²) in [5, 5.41) is 13.4. The number of rotatable bonds is 5. The first-order chi connectivity index (χ1) is 10.0. The molecule has 21 heavy (non-hydrogen) atoms. The number of nitro groups is 1. The lowest BCUT2D eigenvalue weighted by Gasteiger charge is -2.08. The van der Waals surface area contributed by atoms with Gasteiger partial charge in [0.1, 0.15) is 5.75 Å². The van der Waals surface area contributed by atoms with Gasteiger partial charge >= 0.3 is 0 Å². The second-order valence-corrected chi connectivity index (χ2v) is 4.26. The Morgan fingerprint density at radius 3 is 2.90 bits per heavy atom. The number of aromatic nitrogens is 2. The smallest absolute Gasteiger partial charge is 0.271 e. The van der Waals surface area contributed by atoms with Crippen molar-refractivity contribution in [3.63, 3.8) is 0 Å². The predicted molar refractivity (Wildman–Crippen MR) is 74.3 cm³/mol. The molecule has 1 heterocycles. The van der Waals surface area contributed by atoms with Gasteiger partial charge in [-0.05, 0) is 13.0 Å². The van der Waals surface area contributed by atoms with E-state index in [0.29, 0.717) is 6.54 Å². The van der Waals surface area contributed by atoms with Crippen LogP contribution in [-0.2, 0) is 0 Å². The summed E-state index contributed by atoms with van der Waals surface area (Å²) in [4.78, 5) is 17.6. The Morgan fingerprint density at radius 1 is 1.52 bits per heavy atom. The summed E-state index contributed by atoms with van der Waals surface area (Å²) in [6.45, 7) is 2.39. The minimum atomic E-state index is -0.772. The molecule has 110 valence electrons. The second-order valence-electron chi connectivity index (χ2n) is 3.85. The number of non-ortho nitro benzene ring substituents is 1. The summed E-state index contributed by atoms with van der Waals surface area (Å²) in [6, 6.07) is 3.58. The van der Waals surface area contributed by atoms with E-state index in [4.69, 9.17) is 16.3 Å².